The van der Waals surface area contributed by atoms with Crippen molar-refractivity contribution in [3.63, 3.8) is 0 Å². The van der Waals surface area contributed by atoms with Crippen molar-refractivity contribution in [1.82, 2.24) is 30.8 Å². The van der Waals surface area contributed by atoms with Gasteiger partial charge in [-0.05, 0) is 57.5 Å². The maximum absolute atomic E-state index is 15.1. The minimum Gasteiger partial charge on any atom is -0.448 e. The molecule has 0 radical (unpaired) electrons. The number of nitrogens with zero attached hydrogens (tertiary/aromatic N) is 6. The number of oxime groups is 1. The molecule has 0 spiro atoms. The summed E-state index contributed by atoms with van der Waals surface area (Å²) in [7, 11) is 0. The topological polar surface area (TPSA) is 204 Å². The lowest BCUT2D eigenvalue weighted by atomic mass is 9.70. The molecule has 0 bridgehead atoms. The second kappa shape index (κ2) is 24.1. The number of nitrogens with two attached hydrogens (primary N) is 1. The Labute approximate surface area is 496 Å². The first-order valence-corrected chi connectivity index (χ1v) is 29.7. The highest BCUT2D eigenvalue weighted by atomic mass is 32.2. The van der Waals surface area contributed by atoms with Gasteiger partial charge in [0.05, 0.1) is 16.6 Å². The average molecular weight is 1170 g/mol. The Bertz CT molecular complexity index is 3740. The first kappa shape index (κ1) is 55.0. The zero-order chi connectivity index (χ0) is 57.7. The van der Waals surface area contributed by atoms with Crippen LogP contribution in [0.1, 0.15) is 68.8 Å². The van der Waals surface area contributed by atoms with E-state index in [1.165, 1.54) is 33.4 Å². The Morgan fingerprint density at radius 1 is 0.738 bits per heavy atom. The quantitative estimate of drug-likeness (QED) is 0.0168. The molecule has 5 N–H and O–H groups in total. The van der Waals surface area contributed by atoms with Gasteiger partial charge in [0.1, 0.15) is 32.8 Å². The van der Waals surface area contributed by atoms with E-state index in [4.69, 9.17) is 25.2 Å². The summed E-state index contributed by atoms with van der Waals surface area (Å²) in [5.74, 6) is -1.37. The highest BCUT2D eigenvalue weighted by Crippen LogP contribution is 2.48. The van der Waals surface area contributed by atoms with E-state index in [1.807, 2.05) is 225 Å². The lowest BCUT2D eigenvalue weighted by molar-refractivity contribution is -0.154. The second-order valence-corrected chi connectivity index (χ2v) is 23.0. The number of hydrogen-bond donors (Lipinski definition) is 4. The number of aromatic nitrogens is 1. The predicted octanol–water partition coefficient (Wildman–Crippen LogP) is 11.1. The van der Waals surface area contributed by atoms with Gasteiger partial charge in [0.15, 0.2) is 23.7 Å². The van der Waals surface area contributed by atoms with E-state index in [9.17, 15) is 19.6 Å². The summed E-state index contributed by atoms with van der Waals surface area (Å²) in [6.07, 6.45) is 1.18. The third-order valence-electron chi connectivity index (χ3n) is 14.6. The summed E-state index contributed by atoms with van der Waals surface area (Å²) in [5, 5.41) is 20.3. The summed E-state index contributed by atoms with van der Waals surface area (Å²) in [6.45, 7) is 1.84. The summed E-state index contributed by atoms with van der Waals surface area (Å²) in [5.41, 5.74) is 15.3. The first-order chi connectivity index (χ1) is 41.1. The van der Waals surface area contributed by atoms with Crippen LogP contribution in [-0.2, 0) is 29.3 Å². The standard InChI is InChI=1S/C65H53N9O7S3/c1-41-37-51(74-50(67-41)38-72(71-74)64(78)81-57(44-27-13-4-14-28-44)45-29-15-5-16-30-45)82-39-46-40-83-61-54(60(76)73(61)55(46)62(77)80-56(42-23-9-2-10-24-42)43-25-11-3-12-26-43)68-59(75)53(70-79)52-58(66)84-63(69-52)65(47-31-17-6-18-32-47,48-33-19-7-20-34-48)49-35-21-8-22-36-49/h2-38,54,56-57,61,71,79H,39-40,66H2,1H3,(H,68,75)/t54-,61-/m1/s1. The van der Waals surface area contributed by atoms with Gasteiger partial charge in [-0.2, -0.15) is 5.01 Å². The van der Waals surface area contributed by atoms with Crippen LogP contribution in [0.4, 0.5) is 9.80 Å². The van der Waals surface area contributed by atoms with Gasteiger partial charge >= 0.3 is 12.1 Å². The van der Waals surface area contributed by atoms with Crippen LogP contribution in [0, 0.1) is 0 Å². The molecule has 7 aromatic carbocycles. The van der Waals surface area contributed by atoms with Gasteiger partial charge in [-0.25, -0.2) is 24.6 Å². The Morgan fingerprint density at radius 3 is 1.70 bits per heavy atom. The summed E-state index contributed by atoms with van der Waals surface area (Å²) in [6, 6.07) is 66.0. The van der Waals surface area contributed by atoms with Crippen molar-refractivity contribution in [3.8, 4) is 0 Å². The minimum absolute atomic E-state index is 0.0344. The third kappa shape index (κ3) is 10.6. The van der Waals surface area contributed by atoms with E-state index < -0.39 is 58.6 Å². The summed E-state index contributed by atoms with van der Waals surface area (Å²) in [4.78, 5) is 69.6. The molecule has 0 saturated carbocycles. The van der Waals surface area contributed by atoms with Crippen molar-refractivity contribution in [2.45, 2.75) is 36.0 Å². The van der Waals surface area contributed by atoms with Crippen molar-refractivity contribution in [2.75, 3.05) is 17.2 Å². The van der Waals surface area contributed by atoms with Crippen LogP contribution < -0.4 is 16.6 Å². The lowest BCUT2D eigenvalue weighted by Crippen LogP contribution is -2.71. The van der Waals surface area contributed by atoms with E-state index in [2.05, 4.69) is 16.0 Å². The number of hydrogen-bond acceptors (Lipinski definition) is 16. The van der Waals surface area contributed by atoms with Gasteiger partial charge in [0.2, 0.25) is 0 Å². The Morgan fingerprint density at radius 2 is 1.21 bits per heavy atom. The number of rotatable bonds is 17. The van der Waals surface area contributed by atoms with Crippen molar-refractivity contribution in [1.29, 1.82) is 0 Å². The molecule has 0 unspecified atom stereocenters. The molecular weight excluding hydrogens is 1110 g/mol. The van der Waals surface area contributed by atoms with Gasteiger partial charge in [-0.15, -0.1) is 29.1 Å². The molecule has 2 atom stereocenters. The fourth-order valence-electron chi connectivity index (χ4n) is 10.7. The van der Waals surface area contributed by atoms with E-state index >= 15 is 4.79 Å². The molecule has 84 heavy (non-hydrogen) atoms. The first-order valence-electron chi connectivity index (χ1n) is 26.8. The number of esters is 1. The van der Waals surface area contributed by atoms with Crippen molar-refractivity contribution in [3.05, 3.63) is 296 Å². The molecule has 3 amide bonds. The third-order valence-corrected chi connectivity index (χ3v) is 18.1. The smallest absolute Gasteiger partial charge is 0.431 e. The number of thiazole rings is 1. The van der Waals surface area contributed by atoms with Crippen LogP contribution in [0.3, 0.4) is 0 Å². The maximum atomic E-state index is 15.1. The Hall–Kier alpha value is -9.53. The molecule has 12 rings (SSSR count). The number of carbonyl (C=O) groups excluding carboxylic acids is 4. The lowest BCUT2D eigenvalue weighted by Gasteiger charge is -2.49. The Kier molecular flexibility index (Phi) is 15.8. The maximum Gasteiger partial charge on any atom is 0.431 e. The average Bonchev–Trinajstić information content (AvgIpc) is 3.83. The number of carbonyl (C=O) groups is 4. The number of β-lactam (4-membered cyclic amide) rings is 1. The number of fused-ring (bicyclic) bond motifs is 2. The number of allylic oxidation sites excluding steroid dienone is 1. The highest BCUT2D eigenvalue weighted by molar-refractivity contribution is 8.03. The Balaban J connectivity index is 0.821. The van der Waals surface area contributed by atoms with Gasteiger partial charge in [-0.1, -0.05) is 229 Å². The molecule has 5 heterocycles. The van der Waals surface area contributed by atoms with Crippen molar-refractivity contribution in [2.24, 2.45) is 10.1 Å². The summed E-state index contributed by atoms with van der Waals surface area (Å²) < 4.78 is 12.7. The molecule has 0 aliphatic carbocycles. The number of ether oxygens (including phenoxy) is 2. The number of nitrogen functional groups attached to an aromatic ring is 1. The van der Waals surface area contributed by atoms with Crippen LogP contribution in [0.25, 0.3) is 0 Å². The van der Waals surface area contributed by atoms with Crippen molar-refractivity contribution < 1.29 is 33.9 Å². The van der Waals surface area contributed by atoms with Crippen LogP contribution in [0.2, 0.25) is 0 Å². The van der Waals surface area contributed by atoms with Crippen molar-refractivity contribution >= 4 is 75.2 Å². The van der Waals surface area contributed by atoms with Crippen LogP contribution in [0.15, 0.2) is 257 Å². The van der Waals surface area contributed by atoms with Gasteiger partial charge < -0.3 is 25.7 Å². The zero-order valence-corrected chi connectivity index (χ0v) is 47.4. The summed E-state index contributed by atoms with van der Waals surface area (Å²) >= 11 is 3.88. The van der Waals surface area contributed by atoms with Gasteiger partial charge in [0, 0.05) is 17.2 Å². The second-order valence-electron chi connectivity index (χ2n) is 19.9. The van der Waals surface area contributed by atoms with E-state index in [-0.39, 0.29) is 27.9 Å². The monoisotopic (exact) mass is 1170 g/mol. The molecule has 8 aromatic rings. The number of hydrazine groups is 2. The SMILES string of the molecule is CC1=NC2=CN(C(=O)OC(c3ccccc3)c3ccccc3)NN2C(SCC2=C(C(=O)OC(c3ccccc3)c3ccccc3)N3C(=O)[C@@H](NC(=O)C(=NO)c4nc(C(c5ccccc5)(c5ccccc5)c5ccccc5)sc4N)[C@H]3SC2)=C1. The van der Waals surface area contributed by atoms with Gasteiger partial charge in [-0.3, -0.25) is 14.5 Å². The molecule has 418 valence electrons. The molecule has 1 saturated heterocycles. The molecule has 4 aliphatic rings. The minimum atomic E-state index is -1.16. The fourth-order valence-corrected chi connectivity index (χ4v) is 14.3. The van der Waals surface area contributed by atoms with Crippen LogP contribution in [0.5, 0.6) is 0 Å². The molecule has 16 nitrogen and oxygen atoms in total. The number of amides is 3. The fraction of sp³-hybridized carbons (Fsp3) is 0.123. The number of nitrogens with one attached hydrogen (secondary N) is 2. The normalized spacial score (nSPS) is 16.8. The molecule has 1 aromatic heterocycles. The van der Waals surface area contributed by atoms with Crippen LogP contribution in [-0.4, -0.2) is 83.3 Å². The molecule has 4 aliphatic heterocycles. The number of benzene rings is 7. The molecule has 19 heteroatoms. The van der Waals surface area contributed by atoms with Gasteiger partial charge in [0.25, 0.3) is 11.8 Å². The zero-order valence-electron chi connectivity index (χ0n) is 45.0. The number of anilines is 1. The molecular formula is C65H53N9O7S3. The highest BCUT2D eigenvalue weighted by Gasteiger charge is 2.55. The van der Waals surface area contributed by atoms with Crippen LogP contribution >= 0.6 is 34.9 Å². The number of thioether (sulfide) groups is 2. The van der Waals surface area contributed by atoms with E-state index in [1.54, 1.807) is 11.2 Å². The van der Waals surface area contributed by atoms with E-state index in [0.717, 1.165) is 39.2 Å². The molecule has 1 fully saturated rings. The largest absolute Gasteiger partial charge is 0.448 e. The van der Waals surface area contributed by atoms with E-state index in [0.29, 0.717) is 38.3 Å². The number of aliphatic imine (C=N–C) groups is 1. The predicted molar refractivity (Wildman–Crippen MR) is 326 cm³/mol.